The first-order valence-electron chi connectivity index (χ1n) is 9.19. The first kappa shape index (κ1) is 18.8. The molecule has 30 heavy (non-hydrogen) atoms. The van der Waals surface area contributed by atoms with Crippen molar-refractivity contribution in [1.29, 1.82) is 0 Å². The second-order valence-electron chi connectivity index (χ2n) is 6.78. The number of rotatable bonds is 3. The summed E-state index contributed by atoms with van der Waals surface area (Å²) in [6, 6.07) is 10.3. The van der Waals surface area contributed by atoms with Gasteiger partial charge in [-0.25, -0.2) is 4.98 Å². The molecule has 0 aliphatic rings. The van der Waals surface area contributed by atoms with Crippen LogP contribution >= 0.6 is 23.2 Å². The first-order chi connectivity index (χ1) is 14.5. The van der Waals surface area contributed by atoms with E-state index in [4.69, 9.17) is 23.2 Å². The molecule has 8 nitrogen and oxygen atoms in total. The van der Waals surface area contributed by atoms with Crippen molar-refractivity contribution in [2.24, 2.45) is 0 Å². The molecule has 5 aromatic rings. The van der Waals surface area contributed by atoms with E-state index < -0.39 is 0 Å². The van der Waals surface area contributed by atoms with Gasteiger partial charge in [0.25, 0.3) is 11.1 Å². The fraction of sp³-hybridized carbons (Fsp3) is 0.150. The highest BCUT2D eigenvalue weighted by Crippen LogP contribution is 2.24. The molecule has 0 radical (unpaired) electrons. The Morgan fingerprint density at radius 2 is 1.80 bits per heavy atom. The molecule has 10 heteroatoms. The Morgan fingerprint density at radius 3 is 2.60 bits per heavy atom. The Bertz CT molecular complexity index is 1580. The number of aryl methyl sites for hydroxylation is 1. The van der Waals surface area contributed by atoms with Gasteiger partial charge < -0.3 is 0 Å². The second kappa shape index (κ2) is 6.93. The number of aromatic nitrogens is 6. The first-order valence-corrected chi connectivity index (χ1v) is 9.95. The SMILES string of the molecule is CCn1c(=O)c2ccccc2n2c(Cn3cnc4c(Cl)cc(Cl)cc4c3=O)nnc12. The summed E-state index contributed by atoms with van der Waals surface area (Å²) in [5.74, 6) is 0.920. The topological polar surface area (TPSA) is 87.1 Å². The van der Waals surface area contributed by atoms with Crippen molar-refractivity contribution in [2.75, 3.05) is 0 Å². The van der Waals surface area contributed by atoms with E-state index in [9.17, 15) is 9.59 Å². The average molecular weight is 441 g/mol. The zero-order valence-electron chi connectivity index (χ0n) is 15.7. The summed E-state index contributed by atoms with van der Waals surface area (Å²) >= 11 is 12.2. The predicted octanol–water partition coefficient (Wildman–Crippen LogP) is 3.13. The van der Waals surface area contributed by atoms with Crippen molar-refractivity contribution in [1.82, 2.24) is 28.7 Å². The largest absolute Gasteiger partial charge is 0.291 e. The molecule has 2 aromatic carbocycles. The van der Waals surface area contributed by atoms with Gasteiger partial charge in [0.1, 0.15) is 0 Å². The normalized spacial score (nSPS) is 11.7. The molecule has 0 bridgehead atoms. The molecule has 0 fully saturated rings. The molecule has 3 heterocycles. The van der Waals surface area contributed by atoms with Crippen molar-refractivity contribution >= 4 is 50.8 Å². The summed E-state index contributed by atoms with van der Waals surface area (Å²) in [5, 5.41) is 10.0. The maximum Gasteiger partial charge on any atom is 0.262 e. The minimum Gasteiger partial charge on any atom is -0.291 e. The second-order valence-corrected chi connectivity index (χ2v) is 7.62. The molecule has 3 aromatic heterocycles. The highest BCUT2D eigenvalue weighted by atomic mass is 35.5. The molecule has 0 N–H and O–H groups in total. The molecule has 0 amide bonds. The van der Waals surface area contributed by atoms with Crippen molar-refractivity contribution < 1.29 is 0 Å². The maximum atomic E-state index is 13.0. The number of nitrogens with zero attached hydrogens (tertiary/aromatic N) is 6. The molecule has 0 saturated heterocycles. The maximum absolute atomic E-state index is 13.0. The predicted molar refractivity (Wildman–Crippen MR) is 116 cm³/mol. The van der Waals surface area contributed by atoms with Crippen LogP contribution in [-0.4, -0.2) is 28.7 Å². The third kappa shape index (κ3) is 2.72. The number of para-hydroxylation sites is 1. The van der Waals surface area contributed by atoms with Crippen LogP contribution in [0.25, 0.3) is 27.6 Å². The Kier molecular flexibility index (Phi) is 4.34. The van der Waals surface area contributed by atoms with Crippen LogP contribution < -0.4 is 11.1 Å². The lowest BCUT2D eigenvalue weighted by Crippen LogP contribution is -2.24. The van der Waals surface area contributed by atoms with Crippen LogP contribution in [0.1, 0.15) is 12.7 Å². The van der Waals surface area contributed by atoms with Crippen LogP contribution in [-0.2, 0) is 13.1 Å². The van der Waals surface area contributed by atoms with Gasteiger partial charge in [-0.05, 0) is 31.2 Å². The summed E-state index contributed by atoms with van der Waals surface area (Å²) in [4.78, 5) is 30.1. The van der Waals surface area contributed by atoms with E-state index in [1.807, 2.05) is 25.1 Å². The molecule has 0 saturated carbocycles. The Morgan fingerprint density at radius 1 is 1.00 bits per heavy atom. The molecule has 0 atom stereocenters. The number of halogens is 2. The van der Waals surface area contributed by atoms with Gasteiger partial charge in [-0.15, -0.1) is 10.2 Å². The lowest BCUT2D eigenvalue weighted by atomic mass is 10.2. The fourth-order valence-electron chi connectivity index (χ4n) is 3.66. The van der Waals surface area contributed by atoms with Gasteiger partial charge in [-0.1, -0.05) is 35.3 Å². The van der Waals surface area contributed by atoms with Gasteiger partial charge >= 0.3 is 0 Å². The monoisotopic (exact) mass is 440 g/mol. The quantitative estimate of drug-likeness (QED) is 0.430. The number of hydrogen-bond acceptors (Lipinski definition) is 5. The highest BCUT2D eigenvalue weighted by Gasteiger charge is 2.17. The van der Waals surface area contributed by atoms with Gasteiger partial charge in [0.15, 0.2) is 5.82 Å². The molecule has 0 spiro atoms. The minimum atomic E-state index is -0.297. The molecular formula is C20H14Cl2N6O2. The van der Waals surface area contributed by atoms with Gasteiger partial charge in [-0.3, -0.25) is 23.1 Å². The molecular weight excluding hydrogens is 427 g/mol. The lowest BCUT2D eigenvalue weighted by molar-refractivity contribution is 0.697. The van der Waals surface area contributed by atoms with E-state index in [-0.39, 0.29) is 17.7 Å². The van der Waals surface area contributed by atoms with Crippen LogP contribution in [0.4, 0.5) is 0 Å². The van der Waals surface area contributed by atoms with Gasteiger partial charge in [0, 0.05) is 11.6 Å². The van der Waals surface area contributed by atoms with E-state index in [0.717, 1.165) is 0 Å². The van der Waals surface area contributed by atoms with Crippen molar-refractivity contribution in [3.63, 3.8) is 0 Å². The molecule has 0 aliphatic heterocycles. The summed E-state index contributed by atoms with van der Waals surface area (Å²) < 4.78 is 4.77. The average Bonchev–Trinajstić information content (AvgIpc) is 3.14. The third-order valence-electron chi connectivity index (χ3n) is 5.05. The Balaban J connectivity index is 1.76. The number of fused-ring (bicyclic) bond motifs is 4. The summed E-state index contributed by atoms with van der Waals surface area (Å²) in [6.45, 7) is 2.43. The van der Waals surface area contributed by atoms with Crippen LogP contribution in [0.15, 0.2) is 52.3 Å². The van der Waals surface area contributed by atoms with Gasteiger partial charge in [0.05, 0.1) is 39.7 Å². The van der Waals surface area contributed by atoms with Crippen molar-refractivity contribution in [2.45, 2.75) is 20.0 Å². The Labute approximate surface area is 178 Å². The van der Waals surface area contributed by atoms with Crippen LogP contribution in [0.5, 0.6) is 0 Å². The molecule has 0 unspecified atom stereocenters. The standard InChI is InChI=1S/C20H14Cl2N6O2/c1-2-27-19(30)12-5-3-4-6-15(12)28-16(24-25-20(27)28)9-26-10-23-17-13(18(26)29)7-11(21)8-14(17)22/h3-8,10H,2,9H2,1H3. The summed E-state index contributed by atoms with van der Waals surface area (Å²) in [7, 11) is 0. The van der Waals surface area contributed by atoms with E-state index in [2.05, 4.69) is 15.2 Å². The summed E-state index contributed by atoms with van der Waals surface area (Å²) in [6.07, 6.45) is 1.42. The minimum absolute atomic E-state index is 0.110. The van der Waals surface area contributed by atoms with Crippen LogP contribution in [0.2, 0.25) is 10.0 Å². The van der Waals surface area contributed by atoms with Crippen molar-refractivity contribution in [3.05, 3.63) is 79.3 Å². The zero-order chi connectivity index (χ0) is 21.0. The summed E-state index contributed by atoms with van der Waals surface area (Å²) in [5.41, 5.74) is 0.636. The van der Waals surface area contributed by atoms with Gasteiger partial charge in [0.2, 0.25) is 5.78 Å². The van der Waals surface area contributed by atoms with Crippen molar-refractivity contribution in [3.8, 4) is 0 Å². The highest BCUT2D eigenvalue weighted by molar-refractivity contribution is 6.38. The smallest absolute Gasteiger partial charge is 0.262 e. The van der Waals surface area contributed by atoms with Crippen LogP contribution in [0.3, 0.4) is 0 Å². The molecule has 150 valence electrons. The Hall–Kier alpha value is -3.23. The lowest BCUT2D eigenvalue weighted by Gasteiger charge is -2.10. The van der Waals surface area contributed by atoms with E-state index >= 15 is 0 Å². The van der Waals surface area contributed by atoms with E-state index in [1.165, 1.54) is 10.9 Å². The molecule has 0 aliphatic carbocycles. The van der Waals surface area contributed by atoms with Gasteiger partial charge in [-0.2, -0.15) is 0 Å². The molecule has 5 rings (SSSR count). The van der Waals surface area contributed by atoms with Crippen LogP contribution in [0, 0.1) is 0 Å². The number of benzene rings is 2. The fourth-order valence-corrected chi connectivity index (χ4v) is 4.20. The third-order valence-corrected chi connectivity index (χ3v) is 5.55. The van der Waals surface area contributed by atoms with E-state index in [0.29, 0.717) is 50.0 Å². The zero-order valence-corrected chi connectivity index (χ0v) is 17.2. The number of hydrogen-bond donors (Lipinski definition) is 0. The van der Waals surface area contributed by atoms with E-state index in [1.54, 1.807) is 27.2 Å².